The number of nitrogens with two attached hydrogens (primary N) is 1. The number of piperidine rings is 1. The molecule has 0 bridgehead atoms. The highest BCUT2D eigenvalue weighted by Gasteiger charge is 2.25. The van der Waals surface area contributed by atoms with Crippen molar-refractivity contribution in [2.24, 2.45) is 5.73 Å². The van der Waals surface area contributed by atoms with E-state index in [2.05, 4.69) is 0 Å². The zero-order valence-corrected chi connectivity index (χ0v) is 13.9. The highest BCUT2D eigenvalue weighted by Crippen LogP contribution is 2.24. The van der Waals surface area contributed by atoms with E-state index in [4.69, 9.17) is 14.9 Å². The minimum absolute atomic E-state index is 0. The Bertz CT molecular complexity index is 636. The Kier molecular flexibility index (Phi) is 6.45. The first-order chi connectivity index (χ1) is 10.8. The summed E-state index contributed by atoms with van der Waals surface area (Å²) >= 11 is 0. The summed E-state index contributed by atoms with van der Waals surface area (Å²) in [5.41, 5.74) is 6.87. The third-order valence-corrected chi connectivity index (χ3v) is 4.14. The van der Waals surface area contributed by atoms with E-state index < -0.39 is 0 Å². The largest absolute Gasteiger partial charge is 0.463 e. The monoisotopic (exact) mass is 338 g/mol. The van der Waals surface area contributed by atoms with Crippen LogP contribution in [0.4, 0.5) is 0 Å². The van der Waals surface area contributed by atoms with Gasteiger partial charge >= 0.3 is 0 Å². The zero-order valence-electron chi connectivity index (χ0n) is 13.1. The van der Waals surface area contributed by atoms with E-state index in [9.17, 15) is 4.79 Å². The van der Waals surface area contributed by atoms with Crippen LogP contribution in [-0.4, -0.2) is 43.2 Å². The fourth-order valence-electron chi connectivity index (χ4n) is 2.87. The Morgan fingerprint density at radius 3 is 2.78 bits per heavy atom. The molecule has 0 aliphatic carbocycles. The Labute approximate surface area is 142 Å². The topological polar surface area (TPSA) is 68.7 Å². The van der Waals surface area contributed by atoms with Crippen molar-refractivity contribution in [3.8, 4) is 0 Å². The predicted octanol–water partition coefficient (Wildman–Crippen LogP) is 2.82. The first-order valence-electron chi connectivity index (χ1n) is 7.87. The number of carbonyl (C=O) groups excluding carboxylic acids is 1. The fourth-order valence-corrected chi connectivity index (χ4v) is 2.87. The maximum absolute atomic E-state index is 12.7. The second kappa shape index (κ2) is 8.34. The molecule has 1 amide bonds. The molecular weight excluding hydrogens is 316 g/mol. The van der Waals surface area contributed by atoms with Gasteiger partial charge in [0, 0.05) is 25.1 Å². The van der Waals surface area contributed by atoms with Gasteiger partial charge in [-0.3, -0.25) is 4.79 Å². The molecule has 6 heteroatoms. The minimum Gasteiger partial charge on any atom is -0.463 e. The molecule has 126 valence electrons. The van der Waals surface area contributed by atoms with Crippen molar-refractivity contribution >= 4 is 29.3 Å². The zero-order chi connectivity index (χ0) is 15.4. The van der Waals surface area contributed by atoms with Crippen molar-refractivity contribution in [1.29, 1.82) is 0 Å². The Morgan fingerprint density at radius 2 is 2.04 bits per heavy atom. The SMILES string of the molecule is Cl.NCCCOC1CCN(C(=O)c2coc3ccccc23)CC1. The molecule has 2 N–H and O–H groups in total. The van der Waals surface area contributed by atoms with E-state index in [1.165, 1.54) is 0 Å². The molecule has 1 fully saturated rings. The first-order valence-corrected chi connectivity index (χ1v) is 7.87. The van der Waals surface area contributed by atoms with Crippen LogP contribution in [0.25, 0.3) is 11.0 Å². The molecule has 3 rings (SSSR count). The molecular formula is C17H23ClN2O3. The lowest BCUT2D eigenvalue weighted by Crippen LogP contribution is -2.41. The summed E-state index contributed by atoms with van der Waals surface area (Å²) in [5, 5.41) is 0.883. The van der Waals surface area contributed by atoms with Gasteiger partial charge in [0.2, 0.25) is 0 Å². The number of hydrogen-bond donors (Lipinski definition) is 1. The molecule has 0 atom stereocenters. The van der Waals surface area contributed by atoms with E-state index >= 15 is 0 Å². The second-order valence-electron chi connectivity index (χ2n) is 5.65. The first kappa shape index (κ1) is 17.8. The van der Waals surface area contributed by atoms with Crippen molar-refractivity contribution in [2.45, 2.75) is 25.4 Å². The smallest absolute Gasteiger partial charge is 0.257 e. The van der Waals surface area contributed by atoms with Gasteiger partial charge < -0.3 is 19.8 Å². The molecule has 23 heavy (non-hydrogen) atoms. The number of fused-ring (bicyclic) bond motifs is 1. The molecule has 0 saturated carbocycles. The number of furan rings is 1. The van der Waals surface area contributed by atoms with Crippen LogP contribution in [-0.2, 0) is 4.74 Å². The standard InChI is InChI=1S/C17H22N2O3.ClH/c18-8-3-11-21-13-6-9-19(10-7-13)17(20)15-12-22-16-5-2-1-4-14(15)16;/h1-2,4-5,12-13H,3,6-11,18H2;1H. The normalized spacial score (nSPS) is 15.6. The van der Waals surface area contributed by atoms with Crippen LogP contribution in [0.3, 0.4) is 0 Å². The van der Waals surface area contributed by atoms with Gasteiger partial charge in [0.1, 0.15) is 11.8 Å². The van der Waals surface area contributed by atoms with Gasteiger partial charge in [-0.15, -0.1) is 12.4 Å². The summed E-state index contributed by atoms with van der Waals surface area (Å²) in [7, 11) is 0. The number of carbonyl (C=O) groups is 1. The molecule has 2 heterocycles. The Balaban J connectivity index is 0.00000192. The minimum atomic E-state index is 0. The molecule has 0 spiro atoms. The van der Waals surface area contributed by atoms with Gasteiger partial charge in [0.05, 0.1) is 11.7 Å². The molecule has 1 saturated heterocycles. The van der Waals surface area contributed by atoms with Crippen molar-refractivity contribution in [1.82, 2.24) is 4.90 Å². The van der Waals surface area contributed by atoms with Gasteiger partial charge in [0.15, 0.2) is 0 Å². The Hall–Kier alpha value is -1.56. The Morgan fingerprint density at radius 1 is 1.30 bits per heavy atom. The molecule has 1 aromatic heterocycles. The maximum atomic E-state index is 12.7. The number of benzene rings is 1. The summed E-state index contributed by atoms with van der Waals surface area (Å²) in [6.45, 7) is 2.82. The van der Waals surface area contributed by atoms with E-state index in [0.717, 1.165) is 43.3 Å². The lowest BCUT2D eigenvalue weighted by molar-refractivity contribution is 0.00848. The number of halogens is 1. The summed E-state index contributed by atoms with van der Waals surface area (Å²) in [5.74, 6) is 0.0466. The quantitative estimate of drug-likeness (QED) is 0.851. The number of hydrogen-bond acceptors (Lipinski definition) is 4. The average molecular weight is 339 g/mol. The van der Waals surface area contributed by atoms with Crippen LogP contribution in [0, 0.1) is 0 Å². The van der Waals surface area contributed by atoms with Crippen LogP contribution in [0.5, 0.6) is 0 Å². The van der Waals surface area contributed by atoms with Gasteiger partial charge in [-0.25, -0.2) is 0 Å². The lowest BCUT2D eigenvalue weighted by atomic mass is 10.1. The molecule has 1 aliphatic rings. The van der Waals surface area contributed by atoms with Gasteiger partial charge in [-0.05, 0) is 31.9 Å². The van der Waals surface area contributed by atoms with Crippen LogP contribution < -0.4 is 5.73 Å². The van der Waals surface area contributed by atoms with Crippen molar-refractivity contribution in [3.05, 3.63) is 36.1 Å². The number of ether oxygens (including phenoxy) is 1. The van der Waals surface area contributed by atoms with E-state index in [1.54, 1.807) is 6.26 Å². The average Bonchev–Trinajstić information content (AvgIpc) is 2.99. The molecule has 5 nitrogen and oxygen atoms in total. The van der Waals surface area contributed by atoms with E-state index in [1.807, 2.05) is 29.2 Å². The summed E-state index contributed by atoms with van der Waals surface area (Å²) < 4.78 is 11.2. The summed E-state index contributed by atoms with van der Waals surface area (Å²) in [4.78, 5) is 14.5. The lowest BCUT2D eigenvalue weighted by Gasteiger charge is -2.31. The van der Waals surface area contributed by atoms with Crippen LogP contribution in [0.1, 0.15) is 29.6 Å². The number of rotatable bonds is 5. The fraction of sp³-hybridized carbons (Fsp3) is 0.471. The van der Waals surface area contributed by atoms with Crippen molar-refractivity contribution < 1.29 is 13.9 Å². The van der Waals surface area contributed by atoms with Crippen LogP contribution in [0.15, 0.2) is 34.9 Å². The third kappa shape index (κ3) is 4.05. The van der Waals surface area contributed by atoms with E-state index in [-0.39, 0.29) is 24.4 Å². The number of amides is 1. The predicted molar refractivity (Wildman–Crippen MR) is 92.0 cm³/mol. The molecule has 0 unspecified atom stereocenters. The molecule has 2 aromatic rings. The van der Waals surface area contributed by atoms with Crippen molar-refractivity contribution in [2.75, 3.05) is 26.2 Å². The number of likely N-dealkylation sites (tertiary alicyclic amines) is 1. The van der Waals surface area contributed by atoms with Gasteiger partial charge in [-0.1, -0.05) is 18.2 Å². The number of nitrogens with zero attached hydrogens (tertiary/aromatic N) is 1. The highest BCUT2D eigenvalue weighted by atomic mass is 35.5. The second-order valence-corrected chi connectivity index (χ2v) is 5.65. The van der Waals surface area contributed by atoms with Crippen LogP contribution in [0.2, 0.25) is 0 Å². The van der Waals surface area contributed by atoms with Crippen LogP contribution >= 0.6 is 12.4 Å². The van der Waals surface area contributed by atoms with Gasteiger partial charge in [-0.2, -0.15) is 0 Å². The molecule has 1 aromatic carbocycles. The highest BCUT2D eigenvalue weighted by molar-refractivity contribution is 6.05. The third-order valence-electron chi connectivity index (χ3n) is 4.14. The van der Waals surface area contributed by atoms with Crippen molar-refractivity contribution in [3.63, 3.8) is 0 Å². The number of para-hydroxylation sites is 1. The summed E-state index contributed by atoms with van der Waals surface area (Å²) in [6.07, 6.45) is 4.46. The van der Waals surface area contributed by atoms with Gasteiger partial charge in [0.25, 0.3) is 5.91 Å². The maximum Gasteiger partial charge on any atom is 0.257 e. The van der Waals surface area contributed by atoms with E-state index in [0.29, 0.717) is 18.7 Å². The molecule has 0 radical (unpaired) electrons. The molecule has 1 aliphatic heterocycles. The summed E-state index contributed by atoms with van der Waals surface area (Å²) in [6, 6.07) is 7.63.